The molecule has 9 heteroatoms. The number of morpholine rings is 1. The van der Waals surface area contributed by atoms with Crippen molar-refractivity contribution in [3.8, 4) is 0 Å². The van der Waals surface area contributed by atoms with Crippen LogP contribution in [0.5, 0.6) is 0 Å². The van der Waals surface area contributed by atoms with Crippen LogP contribution in [0.25, 0.3) is 0 Å². The molecule has 1 unspecified atom stereocenters. The highest BCUT2D eigenvalue weighted by Gasteiger charge is 2.53. The van der Waals surface area contributed by atoms with Crippen LogP contribution >= 0.6 is 0 Å². The number of fused-ring (bicyclic) bond motifs is 1. The second-order valence-electron chi connectivity index (χ2n) is 4.34. The standard InChI is InChI=1S/C8H14BF3N2O3/c10-7-4-14-2-1-13(5-9(15)16)3-6(14)8(11,12)17-7/h6-7,15-16H,1-5H2/t6?,7-/m1/s1. The van der Waals surface area contributed by atoms with Gasteiger partial charge in [-0.2, -0.15) is 8.78 Å². The molecule has 0 bridgehead atoms. The Kier molecular flexibility index (Phi) is 3.65. The van der Waals surface area contributed by atoms with E-state index in [1.807, 2.05) is 0 Å². The summed E-state index contributed by atoms with van der Waals surface area (Å²) in [6, 6.07) is -1.23. The zero-order valence-electron chi connectivity index (χ0n) is 9.10. The molecular weight excluding hydrogens is 240 g/mol. The number of nitrogens with zero attached hydrogens (tertiary/aromatic N) is 2. The van der Waals surface area contributed by atoms with Gasteiger partial charge >= 0.3 is 13.2 Å². The summed E-state index contributed by atoms with van der Waals surface area (Å²) in [7, 11) is -1.56. The van der Waals surface area contributed by atoms with E-state index in [4.69, 9.17) is 10.0 Å². The Balaban J connectivity index is 2.02. The van der Waals surface area contributed by atoms with E-state index in [1.54, 1.807) is 0 Å². The molecule has 0 radical (unpaired) electrons. The summed E-state index contributed by atoms with van der Waals surface area (Å²) in [5.41, 5.74) is 0. The zero-order chi connectivity index (χ0) is 12.6. The summed E-state index contributed by atoms with van der Waals surface area (Å²) in [6.07, 6.45) is -5.62. The fourth-order valence-electron chi connectivity index (χ4n) is 2.28. The molecule has 98 valence electrons. The summed E-state index contributed by atoms with van der Waals surface area (Å²) in [4.78, 5) is 2.84. The van der Waals surface area contributed by atoms with Gasteiger partial charge < -0.3 is 14.9 Å². The van der Waals surface area contributed by atoms with Crippen molar-refractivity contribution in [1.29, 1.82) is 0 Å². The van der Waals surface area contributed by atoms with Crippen molar-refractivity contribution in [3.63, 3.8) is 0 Å². The molecule has 2 heterocycles. The smallest absolute Gasteiger partial charge is 0.426 e. The molecule has 17 heavy (non-hydrogen) atoms. The highest BCUT2D eigenvalue weighted by atomic mass is 19.3. The van der Waals surface area contributed by atoms with E-state index in [2.05, 4.69) is 4.74 Å². The van der Waals surface area contributed by atoms with Crippen LogP contribution in [0.15, 0.2) is 0 Å². The summed E-state index contributed by atoms with van der Waals surface area (Å²) in [5, 5.41) is 17.6. The Hall–Kier alpha value is -0.345. The fraction of sp³-hybridized carbons (Fsp3) is 1.00. The number of hydrogen-bond donors (Lipinski definition) is 2. The van der Waals surface area contributed by atoms with E-state index < -0.39 is 25.6 Å². The first-order valence-electron chi connectivity index (χ1n) is 5.41. The van der Waals surface area contributed by atoms with Gasteiger partial charge in [0.05, 0.1) is 6.54 Å². The van der Waals surface area contributed by atoms with Gasteiger partial charge in [-0.25, -0.2) is 4.39 Å². The Labute approximate surface area is 96.9 Å². The molecule has 2 saturated heterocycles. The number of alkyl halides is 3. The van der Waals surface area contributed by atoms with Crippen molar-refractivity contribution in [2.75, 3.05) is 32.6 Å². The van der Waals surface area contributed by atoms with Crippen molar-refractivity contribution in [2.24, 2.45) is 0 Å². The van der Waals surface area contributed by atoms with E-state index >= 15 is 0 Å². The largest absolute Gasteiger partial charge is 0.466 e. The minimum Gasteiger partial charge on any atom is -0.426 e. The van der Waals surface area contributed by atoms with Gasteiger partial charge in [-0.05, 0) is 0 Å². The number of hydrogen-bond acceptors (Lipinski definition) is 5. The number of halogens is 3. The molecule has 0 saturated carbocycles. The lowest BCUT2D eigenvalue weighted by molar-refractivity contribution is -0.351. The van der Waals surface area contributed by atoms with Crippen molar-refractivity contribution < 1.29 is 28.0 Å². The first-order chi connectivity index (χ1) is 7.88. The van der Waals surface area contributed by atoms with E-state index in [0.29, 0.717) is 6.54 Å². The predicted molar refractivity (Wildman–Crippen MR) is 52.9 cm³/mol. The molecule has 2 rings (SSSR count). The molecule has 2 fully saturated rings. The molecular formula is C8H14BF3N2O3. The van der Waals surface area contributed by atoms with Crippen LogP contribution < -0.4 is 0 Å². The van der Waals surface area contributed by atoms with Gasteiger partial charge in [-0.1, -0.05) is 0 Å². The van der Waals surface area contributed by atoms with Crippen LogP contribution in [0.3, 0.4) is 0 Å². The third-order valence-corrected chi connectivity index (χ3v) is 3.05. The molecule has 2 atom stereocenters. The summed E-state index contributed by atoms with van der Waals surface area (Å²) < 4.78 is 43.8. The van der Waals surface area contributed by atoms with E-state index in [9.17, 15) is 13.2 Å². The lowest BCUT2D eigenvalue weighted by Gasteiger charge is -2.47. The van der Waals surface area contributed by atoms with E-state index in [0.717, 1.165) is 0 Å². The van der Waals surface area contributed by atoms with Crippen molar-refractivity contribution >= 4 is 7.12 Å². The number of ether oxygens (including phenoxy) is 1. The predicted octanol–water partition coefficient (Wildman–Crippen LogP) is -1.10. The second-order valence-corrected chi connectivity index (χ2v) is 4.34. The minimum atomic E-state index is -3.54. The maximum absolute atomic E-state index is 13.4. The number of piperazine rings is 1. The van der Waals surface area contributed by atoms with Crippen LogP contribution in [-0.2, 0) is 4.74 Å². The van der Waals surface area contributed by atoms with Crippen LogP contribution in [0, 0.1) is 0 Å². The second kappa shape index (κ2) is 4.73. The van der Waals surface area contributed by atoms with Gasteiger partial charge in [0.15, 0.2) is 0 Å². The minimum absolute atomic E-state index is 0.0721. The van der Waals surface area contributed by atoms with Crippen molar-refractivity contribution in [1.82, 2.24) is 9.80 Å². The van der Waals surface area contributed by atoms with Gasteiger partial charge in [0.1, 0.15) is 6.04 Å². The lowest BCUT2D eigenvalue weighted by Crippen LogP contribution is -2.66. The van der Waals surface area contributed by atoms with Gasteiger partial charge in [0.25, 0.3) is 0 Å². The SMILES string of the molecule is OB(O)CN1CCN2C[C@H](F)OC(F)(F)C2C1. The van der Waals surface area contributed by atoms with E-state index in [1.165, 1.54) is 9.80 Å². The molecule has 0 amide bonds. The quantitative estimate of drug-likeness (QED) is 0.613. The van der Waals surface area contributed by atoms with E-state index in [-0.39, 0.29) is 26.1 Å². The molecule has 0 aromatic heterocycles. The molecule has 2 N–H and O–H groups in total. The number of rotatable bonds is 2. The average molecular weight is 254 g/mol. The molecule has 0 spiro atoms. The highest BCUT2D eigenvalue weighted by Crippen LogP contribution is 2.33. The van der Waals surface area contributed by atoms with Crippen molar-refractivity contribution in [3.05, 3.63) is 0 Å². The Morgan fingerprint density at radius 3 is 2.65 bits per heavy atom. The molecule has 2 aliphatic rings. The molecule has 5 nitrogen and oxygen atoms in total. The molecule has 0 aromatic rings. The maximum atomic E-state index is 13.4. The fourth-order valence-corrected chi connectivity index (χ4v) is 2.28. The average Bonchev–Trinajstić information content (AvgIpc) is 2.17. The maximum Gasteiger partial charge on any atom is 0.466 e. The molecule has 0 aliphatic carbocycles. The van der Waals surface area contributed by atoms with Crippen LogP contribution in [-0.4, -0.2) is 78.1 Å². The van der Waals surface area contributed by atoms with Gasteiger partial charge in [-0.15, -0.1) is 0 Å². The summed E-state index contributed by atoms with van der Waals surface area (Å²) in [6.45, 7) is 0.417. The van der Waals surface area contributed by atoms with Gasteiger partial charge in [-0.3, -0.25) is 9.64 Å². The monoisotopic (exact) mass is 254 g/mol. The van der Waals surface area contributed by atoms with Crippen LogP contribution in [0.1, 0.15) is 0 Å². The first-order valence-corrected chi connectivity index (χ1v) is 5.41. The Morgan fingerprint density at radius 2 is 2.00 bits per heavy atom. The van der Waals surface area contributed by atoms with Gasteiger partial charge in [0, 0.05) is 26.1 Å². The summed E-state index contributed by atoms with van der Waals surface area (Å²) >= 11 is 0. The van der Waals surface area contributed by atoms with Crippen LogP contribution in [0.4, 0.5) is 13.2 Å². The lowest BCUT2D eigenvalue weighted by atomic mass is 9.90. The van der Waals surface area contributed by atoms with Crippen molar-refractivity contribution in [2.45, 2.75) is 18.5 Å². The Bertz CT molecular complexity index is 285. The van der Waals surface area contributed by atoms with Crippen LogP contribution in [0.2, 0.25) is 0 Å². The topological polar surface area (TPSA) is 56.2 Å². The first kappa shape index (κ1) is 13.1. The highest BCUT2D eigenvalue weighted by molar-refractivity contribution is 6.41. The zero-order valence-corrected chi connectivity index (χ0v) is 9.10. The van der Waals surface area contributed by atoms with Gasteiger partial charge in [0.2, 0.25) is 6.36 Å². The third kappa shape index (κ3) is 2.91. The summed E-state index contributed by atoms with van der Waals surface area (Å²) in [5.74, 6) is 0. The Morgan fingerprint density at radius 1 is 1.29 bits per heavy atom. The normalized spacial score (nSPS) is 34.4. The molecule has 0 aromatic carbocycles. The third-order valence-electron chi connectivity index (χ3n) is 3.05. The molecule has 2 aliphatic heterocycles.